The summed E-state index contributed by atoms with van der Waals surface area (Å²) in [7, 11) is 1.28. The number of aliphatic hydroxyl groups is 1. The first kappa shape index (κ1) is 37.1. The number of hydrogen-bond acceptors (Lipinski definition) is 9. The van der Waals surface area contributed by atoms with Crippen LogP contribution in [-0.4, -0.2) is 54.4 Å². The van der Waals surface area contributed by atoms with Crippen molar-refractivity contribution in [1.82, 2.24) is 20.6 Å². The van der Waals surface area contributed by atoms with Gasteiger partial charge in [-0.05, 0) is 87.9 Å². The first-order valence-electron chi connectivity index (χ1n) is 16.1. The zero-order valence-electron chi connectivity index (χ0n) is 28.8. The van der Waals surface area contributed by atoms with Gasteiger partial charge in [-0.2, -0.15) is 5.10 Å². The molecule has 14 heteroatoms. The second kappa shape index (κ2) is 16.7. The van der Waals surface area contributed by atoms with E-state index in [9.17, 15) is 14.7 Å². The average molecular weight is 737 g/mol. The normalized spacial score (nSPS) is 14.9. The second-order valence-electron chi connectivity index (χ2n) is 11.6. The standard InChI is InChI=1S/C37H39Cl2N5O7/c1-6-49-32-16-24(35-34(36(46)48-5)22(3)41-37(47)42-35)8-14-31(32)51-20-33(45)43-40-18-26-15-21(2)44(23(26)4)28-10-12-29(13-11-28)50-19-25-7-9-27(38)17-30(25)39/h7-18,33,35,43,45H,6,19-20H2,1-5H3,(H2,41,42,47)/b40-18+/t33-,35-/m0/s1. The molecular weight excluding hydrogens is 697 g/mol. The maximum atomic E-state index is 12.5. The van der Waals surface area contributed by atoms with E-state index in [4.69, 9.17) is 42.1 Å². The molecule has 5 rings (SSSR count). The third kappa shape index (κ3) is 8.95. The molecular formula is C37H39Cl2N5O7. The quantitative estimate of drug-likeness (QED) is 0.0497. The van der Waals surface area contributed by atoms with E-state index < -0.39 is 24.3 Å². The number of amides is 2. The van der Waals surface area contributed by atoms with Crippen molar-refractivity contribution in [2.45, 2.75) is 46.6 Å². The summed E-state index contributed by atoms with van der Waals surface area (Å²) in [6.07, 6.45) is 0.492. The van der Waals surface area contributed by atoms with Gasteiger partial charge < -0.3 is 39.3 Å². The molecule has 1 aliphatic heterocycles. The summed E-state index contributed by atoms with van der Waals surface area (Å²) in [6.45, 7) is 7.94. The lowest BCUT2D eigenvalue weighted by atomic mass is 9.95. The van der Waals surface area contributed by atoms with Crippen LogP contribution < -0.4 is 30.3 Å². The summed E-state index contributed by atoms with van der Waals surface area (Å²) >= 11 is 12.3. The fraction of sp³-hybridized carbons (Fsp3) is 0.270. The zero-order chi connectivity index (χ0) is 36.7. The molecule has 3 aromatic carbocycles. The lowest BCUT2D eigenvalue weighted by molar-refractivity contribution is -0.136. The van der Waals surface area contributed by atoms with Gasteiger partial charge in [0.15, 0.2) is 17.7 Å². The Kier molecular flexibility index (Phi) is 12.1. The topological polar surface area (TPSA) is 145 Å². The Bertz CT molecular complexity index is 1960. The number of allylic oxidation sites excluding steroid dienone is 1. The van der Waals surface area contributed by atoms with E-state index in [2.05, 4.69) is 25.7 Å². The molecule has 0 aliphatic carbocycles. The highest BCUT2D eigenvalue weighted by atomic mass is 35.5. The SMILES string of the molecule is CCOc1cc([C@@H]2NC(=O)NC(C)=C2C(=O)OC)ccc1OC[C@H](O)N/N=C/c1cc(C)n(-c2ccc(OCc3ccc(Cl)cc3Cl)cc2)c1C. The number of hydrazone groups is 1. The molecule has 2 amide bonds. The van der Waals surface area contributed by atoms with Crippen LogP contribution >= 0.6 is 23.2 Å². The fourth-order valence-electron chi connectivity index (χ4n) is 5.62. The highest BCUT2D eigenvalue weighted by molar-refractivity contribution is 6.35. The second-order valence-corrected chi connectivity index (χ2v) is 12.4. The zero-order valence-corrected chi connectivity index (χ0v) is 30.3. The molecule has 268 valence electrons. The van der Waals surface area contributed by atoms with Gasteiger partial charge in [0.1, 0.15) is 19.0 Å². The molecule has 4 N–H and O–H groups in total. The molecule has 0 saturated carbocycles. The minimum atomic E-state index is -1.14. The van der Waals surface area contributed by atoms with Gasteiger partial charge >= 0.3 is 12.0 Å². The fourth-order valence-corrected chi connectivity index (χ4v) is 6.08. The number of rotatable bonds is 14. The van der Waals surface area contributed by atoms with Crippen LogP contribution in [0.25, 0.3) is 5.69 Å². The number of hydrogen-bond donors (Lipinski definition) is 4. The monoisotopic (exact) mass is 735 g/mol. The van der Waals surface area contributed by atoms with Gasteiger partial charge in [0.2, 0.25) is 0 Å². The minimum absolute atomic E-state index is 0.148. The smallest absolute Gasteiger partial charge is 0.337 e. The van der Waals surface area contributed by atoms with Crippen LogP contribution in [0.2, 0.25) is 10.0 Å². The first-order chi connectivity index (χ1) is 24.5. The molecule has 4 aromatic rings. The number of aliphatic hydroxyl groups excluding tert-OH is 1. The number of carbonyl (C=O) groups is 2. The molecule has 2 atom stereocenters. The van der Waals surface area contributed by atoms with Gasteiger partial charge in [0.05, 0.1) is 31.5 Å². The van der Waals surface area contributed by atoms with Crippen molar-refractivity contribution in [3.8, 4) is 22.9 Å². The number of esters is 1. The third-order valence-electron chi connectivity index (χ3n) is 8.07. The van der Waals surface area contributed by atoms with E-state index in [1.165, 1.54) is 7.11 Å². The van der Waals surface area contributed by atoms with Crippen molar-refractivity contribution in [2.75, 3.05) is 20.3 Å². The molecule has 0 bridgehead atoms. The summed E-state index contributed by atoms with van der Waals surface area (Å²) in [5, 5.41) is 21.3. The molecule has 1 aliphatic rings. The summed E-state index contributed by atoms with van der Waals surface area (Å²) in [5.41, 5.74) is 8.56. The van der Waals surface area contributed by atoms with Crippen molar-refractivity contribution in [3.05, 3.63) is 116 Å². The Labute approximate surface area is 305 Å². The van der Waals surface area contributed by atoms with Gasteiger partial charge in [-0.15, -0.1) is 0 Å². The Balaban J connectivity index is 1.19. The van der Waals surface area contributed by atoms with Crippen molar-refractivity contribution >= 4 is 41.4 Å². The molecule has 0 spiro atoms. The summed E-state index contributed by atoms with van der Waals surface area (Å²) < 4.78 is 24.6. The van der Waals surface area contributed by atoms with E-state index in [0.29, 0.717) is 51.8 Å². The summed E-state index contributed by atoms with van der Waals surface area (Å²) in [6, 6.07) is 18.9. The van der Waals surface area contributed by atoms with Crippen molar-refractivity contribution in [2.24, 2.45) is 5.10 Å². The molecule has 0 unspecified atom stereocenters. The van der Waals surface area contributed by atoms with Crippen LogP contribution in [0.4, 0.5) is 4.79 Å². The first-order valence-corrected chi connectivity index (χ1v) is 16.8. The number of ether oxygens (including phenoxy) is 4. The summed E-state index contributed by atoms with van der Waals surface area (Å²) in [4.78, 5) is 24.7. The van der Waals surface area contributed by atoms with Crippen LogP contribution in [0.5, 0.6) is 17.2 Å². The maximum Gasteiger partial charge on any atom is 0.337 e. The predicted molar refractivity (Wildman–Crippen MR) is 195 cm³/mol. The lowest BCUT2D eigenvalue weighted by Crippen LogP contribution is -2.45. The number of nitrogens with zero attached hydrogens (tertiary/aromatic N) is 2. The Morgan fingerprint density at radius 3 is 2.49 bits per heavy atom. The summed E-state index contributed by atoms with van der Waals surface area (Å²) in [5.74, 6) is 0.865. The Morgan fingerprint density at radius 1 is 1.02 bits per heavy atom. The van der Waals surface area contributed by atoms with E-state index in [1.807, 2.05) is 57.2 Å². The van der Waals surface area contributed by atoms with Crippen LogP contribution in [0.1, 0.15) is 48.0 Å². The molecule has 0 radical (unpaired) electrons. The number of benzene rings is 3. The van der Waals surface area contributed by atoms with E-state index >= 15 is 0 Å². The highest BCUT2D eigenvalue weighted by Gasteiger charge is 2.32. The lowest BCUT2D eigenvalue weighted by Gasteiger charge is -2.28. The molecule has 51 heavy (non-hydrogen) atoms. The molecule has 12 nitrogen and oxygen atoms in total. The van der Waals surface area contributed by atoms with Crippen LogP contribution in [0.15, 0.2) is 83.1 Å². The number of urea groups is 1. The molecule has 0 saturated heterocycles. The highest BCUT2D eigenvalue weighted by Crippen LogP contribution is 2.35. The minimum Gasteiger partial charge on any atom is -0.490 e. The van der Waals surface area contributed by atoms with Gasteiger partial charge in [-0.1, -0.05) is 35.3 Å². The Hall–Kier alpha value is -5.17. The van der Waals surface area contributed by atoms with E-state index in [0.717, 1.165) is 28.2 Å². The van der Waals surface area contributed by atoms with Crippen LogP contribution in [0, 0.1) is 13.8 Å². The third-order valence-corrected chi connectivity index (χ3v) is 8.66. The maximum absolute atomic E-state index is 12.5. The molecule has 2 heterocycles. The largest absolute Gasteiger partial charge is 0.490 e. The number of aryl methyl sites for hydroxylation is 1. The predicted octanol–water partition coefficient (Wildman–Crippen LogP) is 6.50. The Morgan fingerprint density at radius 2 is 1.78 bits per heavy atom. The molecule has 1 aromatic heterocycles. The number of nitrogens with one attached hydrogen (secondary N) is 3. The number of carbonyl (C=O) groups excluding carboxylic acids is 2. The van der Waals surface area contributed by atoms with Gasteiger partial charge in [-0.3, -0.25) is 5.43 Å². The average Bonchev–Trinajstić information content (AvgIpc) is 3.38. The number of halogens is 2. The van der Waals surface area contributed by atoms with Gasteiger partial charge in [0, 0.05) is 43.9 Å². The van der Waals surface area contributed by atoms with Gasteiger partial charge in [-0.25, -0.2) is 9.59 Å². The van der Waals surface area contributed by atoms with Crippen molar-refractivity contribution in [3.63, 3.8) is 0 Å². The van der Waals surface area contributed by atoms with Crippen LogP contribution in [0.3, 0.4) is 0 Å². The van der Waals surface area contributed by atoms with E-state index in [-0.39, 0.29) is 12.2 Å². The molecule has 0 fully saturated rings. The van der Waals surface area contributed by atoms with Crippen molar-refractivity contribution < 1.29 is 33.6 Å². The number of methoxy groups -OCH3 is 1. The van der Waals surface area contributed by atoms with Gasteiger partial charge in [0.25, 0.3) is 0 Å². The van der Waals surface area contributed by atoms with E-state index in [1.54, 1.807) is 43.5 Å². The number of aromatic nitrogens is 1. The van der Waals surface area contributed by atoms with Crippen LogP contribution in [-0.2, 0) is 16.1 Å². The van der Waals surface area contributed by atoms with Crippen molar-refractivity contribution in [1.29, 1.82) is 0 Å².